The third kappa shape index (κ3) is 4.96. The number of hydrogen-bond acceptors (Lipinski definition) is 6. The Hall–Kier alpha value is -4.83. The van der Waals surface area contributed by atoms with Crippen molar-refractivity contribution in [2.45, 2.75) is 19.4 Å². The number of hydrogen-bond donors (Lipinski definition) is 3. The molecular formula is C30H24BrN7O2. The number of carboxylic acid groups (broad SMARTS) is 1. The van der Waals surface area contributed by atoms with Gasteiger partial charge in [-0.1, -0.05) is 60.7 Å². The van der Waals surface area contributed by atoms with Crippen molar-refractivity contribution in [3.8, 4) is 22.5 Å². The van der Waals surface area contributed by atoms with Gasteiger partial charge in [0.1, 0.15) is 5.82 Å². The molecule has 0 bridgehead atoms. The molecule has 0 aliphatic rings. The van der Waals surface area contributed by atoms with Gasteiger partial charge in [0.05, 0.1) is 16.6 Å². The van der Waals surface area contributed by atoms with E-state index >= 15 is 0 Å². The van der Waals surface area contributed by atoms with E-state index in [4.69, 9.17) is 10.7 Å². The maximum absolute atomic E-state index is 12.1. The molecule has 0 radical (unpaired) electrons. The number of aromatic amines is 1. The topological polar surface area (TPSA) is 136 Å². The van der Waals surface area contributed by atoms with Gasteiger partial charge in [0.25, 0.3) is 0 Å². The summed E-state index contributed by atoms with van der Waals surface area (Å²) in [6.45, 7) is 0.478. The van der Waals surface area contributed by atoms with Crippen LogP contribution in [0.3, 0.4) is 0 Å². The van der Waals surface area contributed by atoms with Crippen molar-refractivity contribution in [1.29, 1.82) is 0 Å². The summed E-state index contributed by atoms with van der Waals surface area (Å²) in [4.78, 5) is 17.0. The SMILES string of the molecule is Nc1cc(CCc2nc3cccc(C(=O)O)c3n2Cc2ccc(-c3ccccc3-c3nn[nH]n3)cc2)ccc1Br. The van der Waals surface area contributed by atoms with Crippen LogP contribution in [0.4, 0.5) is 5.69 Å². The van der Waals surface area contributed by atoms with Crippen LogP contribution >= 0.6 is 15.9 Å². The molecule has 2 heterocycles. The average molecular weight is 594 g/mol. The van der Waals surface area contributed by atoms with Gasteiger partial charge >= 0.3 is 5.97 Å². The van der Waals surface area contributed by atoms with Crippen molar-refractivity contribution in [2.24, 2.45) is 0 Å². The summed E-state index contributed by atoms with van der Waals surface area (Å²) in [7, 11) is 0. The number of nitrogens with two attached hydrogens (primary N) is 1. The minimum absolute atomic E-state index is 0.231. The predicted molar refractivity (Wildman–Crippen MR) is 157 cm³/mol. The zero-order valence-corrected chi connectivity index (χ0v) is 22.8. The van der Waals surface area contributed by atoms with E-state index in [-0.39, 0.29) is 5.56 Å². The van der Waals surface area contributed by atoms with Gasteiger partial charge in [-0.2, -0.15) is 5.21 Å². The number of rotatable bonds is 8. The van der Waals surface area contributed by atoms with E-state index in [0.29, 0.717) is 35.5 Å². The van der Waals surface area contributed by atoms with Gasteiger partial charge in [0.15, 0.2) is 0 Å². The number of fused-ring (bicyclic) bond motifs is 1. The number of aromatic nitrogens is 6. The molecule has 0 aliphatic carbocycles. The molecule has 0 unspecified atom stereocenters. The average Bonchev–Trinajstić information content (AvgIpc) is 3.63. The Morgan fingerprint density at radius 2 is 1.70 bits per heavy atom. The van der Waals surface area contributed by atoms with E-state index in [1.165, 1.54) is 0 Å². The number of nitrogens with zero attached hydrogens (tertiary/aromatic N) is 5. The van der Waals surface area contributed by atoms with Crippen LogP contribution in [0.25, 0.3) is 33.5 Å². The quantitative estimate of drug-likeness (QED) is 0.191. The lowest BCUT2D eigenvalue weighted by atomic mass is 9.98. The van der Waals surface area contributed by atoms with Crippen LogP contribution in [-0.2, 0) is 19.4 Å². The Kier molecular flexibility index (Phi) is 6.83. The minimum Gasteiger partial charge on any atom is -0.478 e. The van der Waals surface area contributed by atoms with Crippen LogP contribution in [0.1, 0.15) is 27.3 Å². The number of nitrogen functional groups attached to an aromatic ring is 1. The molecule has 0 atom stereocenters. The summed E-state index contributed by atoms with van der Waals surface area (Å²) in [6.07, 6.45) is 1.35. The van der Waals surface area contributed by atoms with E-state index in [9.17, 15) is 9.90 Å². The molecule has 0 spiro atoms. The highest BCUT2D eigenvalue weighted by Crippen LogP contribution is 2.30. The first-order valence-electron chi connectivity index (χ1n) is 12.7. The fourth-order valence-electron chi connectivity index (χ4n) is 4.95. The number of nitrogens with one attached hydrogen (secondary N) is 1. The molecule has 0 amide bonds. The second-order valence-electron chi connectivity index (χ2n) is 9.43. The summed E-state index contributed by atoms with van der Waals surface area (Å²) in [5.41, 5.74) is 13.3. The Morgan fingerprint density at radius 3 is 2.42 bits per heavy atom. The molecule has 6 aromatic rings. The van der Waals surface area contributed by atoms with Gasteiger partial charge < -0.3 is 15.4 Å². The number of tetrazole rings is 1. The number of aryl methyl sites for hydroxylation is 2. The maximum atomic E-state index is 12.1. The lowest BCUT2D eigenvalue weighted by molar-refractivity contribution is 0.0698. The third-order valence-corrected chi connectivity index (χ3v) is 7.61. The van der Waals surface area contributed by atoms with Crippen molar-refractivity contribution in [2.75, 3.05) is 5.73 Å². The van der Waals surface area contributed by atoms with Gasteiger partial charge in [0, 0.05) is 28.7 Å². The van der Waals surface area contributed by atoms with Crippen LogP contribution < -0.4 is 5.73 Å². The molecule has 0 aliphatic heterocycles. The number of carboxylic acids is 1. The number of aromatic carboxylic acids is 1. The van der Waals surface area contributed by atoms with E-state index in [0.717, 1.165) is 44.5 Å². The highest BCUT2D eigenvalue weighted by Gasteiger charge is 2.18. The van der Waals surface area contributed by atoms with Gasteiger partial charge in [0.2, 0.25) is 5.82 Å². The summed E-state index contributed by atoms with van der Waals surface area (Å²) < 4.78 is 2.88. The van der Waals surface area contributed by atoms with Crippen LogP contribution in [0.5, 0.6) is 0 Å². The fraction of sp³-hybridized carbons (Fsp3) is 0.100. The van der Waals surface area contributed by atoms with E-state index in [2.05, 4.69) is 60.8 Å². The Bertz CT molecular complexity index is 1830. The zero-order valence-electron chi connectivity index (χ0n) is 21.3. The molecule has 0 fully saturated rings. The standard InChI is InChI=1S/C30H24BrN7O2/c31-24-14-10-18(16-25(24)32)11-15-27-33-26-7-3-6-23(30(39)40)28(26)38(27)17-19-8-12-20(13-9-19)21-4-1-2-5-22(21)29-34-36-37-35-29/h1-10,12-14,16H,11,15,17,32H2,(H,39,40)(H,34,35,36,37). The molecule has 10 heteroatoms. The molecule has 40 heavy (non-hydrogen) atoms. The lowest BCUT2D eigenvalue weighted by Crippen LogP contribution is -2.09. The second kappa shape index (κ2) is 10.7. The van der Waals surface area contributed by atoms with Crippen molar-refractivity contribution in [3.05, 3.63) is 112 Å². The third-order valence-electron chi connectivity index (χ3n) is 6.89. The maximum Gasteiger partial charge on any atom is 0.337 e. The smallest absolute Gasteiger partial charge is 0.337 e. The van der Waals surface area contributed by atoms with Crippen LogP contribution in [0.15, 0.2) is 89.4 Å². The molecule has 6 rings (SSSR count). The monoisotopic (exact) mass is 593 g/mol. The van der Waals surface area contributed by atoms with Gasteiger partial charge in [-0.3, -0.25) is 0 Å². The number of halogens is 1. The molecule has 9 nitrogen and oxygen atoms in total. The Balaban J connectivity index is 1.35. The molecule has 2 aromatic heterocycles. The number of para-hydroxylation sites is 1. The highest BCUT2D eigenvalue weighted by atomic mass is 79.9. The van der Waals surface area contributed by atoms with Crippen LogP contribution in [0, 0.1) is 0 Å². The van der Waals surface area contributed by atoms with E-state index in [1.54, 1.807) is 12.1 Å². The van der Waals surface area contributed by atoms with Crippen molar-refractivity contribution < 1.29 is 9.90 Å². The number of imidazole rings is 1. The first kappa shape index (κ1) is 25.4. The molecular weight excluding hydrogens is 570 g/mol. The molecule has 4 aromatic carbocycles. The molecule has 4 N–H and O–H groups in total. The number of carbonyl (C=O) groups is 1. The summed E-state index contributed by atoms with van der Waals surface area (Å²) in [5, 5.41) is 24.4. The van der Waals surface area contributed by atoms with Crippen molar-refractivity contribution in [1.82, 2.24) is 30.2 Å². The Morgan fingerprint density at radius 1 is 0.925 bits per heavy atom. The van der Waals surface area contributed by atoms with Gasteiger partial charge in [-0.15, -0.1) is 10.2 Å². The number of anilines is 1. The molecule has 0 saturated carbocycles. The summed E-state index contributed by atoms with van der Waals surface area (Å²) in [5.74, 6) is 0.368. The summed E-state index contributed by atoms with van der Waals surface area (Å²) >= 11 is 3.45. The van der Waals surface area contributed by atoms with Crippen molar-refractivity contribution >= 4 is 38.6 Å². The first-order chi connectivity index (χ1) is 19.5. The fourth-order valence-corrected chi connectivity index (χ4v) is 5.20. The Labute approximate surface area is 237 Å². The minimum atomic E-state index is -0.979. The van der Waals surface area contributed by atoms with Crippen LogP contribution in [0.2, 0.25) is 0 Å². The zero-order chi connectivity index (χ0) is 27.6. The first-order valence-corrected chi connectivity index (χ1v) is 13.4. The van der Waals surface area contributed by atoms with Crippen molar-refractivity contribution in [3.63, 3.8) is 0 Å². The number of H-pyrrole nitrogens is 1. The summed E-state index contributed by atoms with van der Waals surface area (Å²) in [6, 6.07) is 27.2. The van der Waals surface area contributed by atoms with Gasteiger partial charge in [-0.25, -0.2) is 9.78 Å². The molecule has 0 saturated heterocycles. The lowest BCUT2D eigenvalue weighted by Gasteiger charge is -2.13. The van der Waals surface area contributed by atoms with E-state index < -0.39 is 5.97 Å². The largest absolute Gasteiger partial charge is 0.478 e. The second-order valence-corrected chi connectivity index (χ2v) is 10.3. The number of benzene rings is 4. The highest BCUT2D eigenvalue weighted by molar-refractivity contribution is 9.10. The predicted octanol–water partition coefficient (Wildman–Crippen LogP) is 5.76. The van der Waals surface area contributed by atoms with E-state index in [1.807, 2.05) is 53.1 Å². The van der Waals surface area contributed by atoms with Gasteiger partial charge in [-0.05, 0) is 74.1 Å². The molecule has 198 valence electrons. The van der Waals surface area contributed by atoms with Crippen LogP contribution in [-0.4, -0.2) is 41.3 Å². The normalized spacial score (nSPS) is 11.2.